The molecule has 6 rings (SSSR count). The fourth-order valence-corrected chi connectivity index (χ4v) is 4.23. The lowest BCUT2D eigenvalue weighted by Gasteiger charge is -2.21. The molecule has 166 valence electrons. The van der Waals surface area contributed by atoms with Crippen LogP contribution in [0.4, 0.5) is 13.2 Å². The molecule has 10 heteroatoms. The second kappa shape index (κ2) is 6.77. The van der Waals surface area contributed by atoms with Crippen LogP contribution in [0.5, 0.6) is 5.88 Å². The summed E-state index contributed by atoms with van der Waals surface area (Å²) in [6.45, 7) is 0. The van der Waals surface area contributed by atoms with Crippen molar-refractivity contribution in [1.29, 1.82) is 0 Å². The number of nitrogens with zero attached hydrogens (tertiary/aromatic N) is 5. The molecule has 0 spiro atoms. The molecule has 0 atom stereocenters. The van der Waals surface area contributed by atoms with Gasteiger partial charge in [-0.05, 0) is 36.6 Å². The van der Waals surface area contributed by atoms with Gasteiger partial charge in [0, 0.05) is 29.6 Å². The Kier molecular flexibility index (Phi) is 4.05. The van der Waals surface area contributed by atoms with E-state index in [0.29, 0.717) is 33.8 Å². The van der Waals surface area contributed by atoms with Crippen molar-refractivity contribution in [3.8, 4) is 28.3 Å². The molecule has 0 saturated heterocycles. The second-order valence-corrected chi connectivity index (χ2v) is 8.09. The molecule has 1 saturated carbocycles. The van der Waals surface area contributed by atoms with Crippen LogP contribution in [0.2, 0.25) is 0 Å². The number of alkyl halides is 3. The lowest BCUT2D eigenvalue weighted by atomic mass is 10.1. The summed E-state index contributed by atoms with van der Waals surface area (Å²) in [4.78, 5) is 20.6. The molecular weight excluding hydrogens is 433 g/mol. The van der Waals surface area contributed by atoms with Gasteiger partial charge in [0.15, 0.2) is 5.65 Å². The van der Waals surface area contributed by atoms with Crippen molar-refractivity contribution in [1.82, 2.24) is 29.5 Å². The average molecular weight is 450 g/mol. The molecule has 0 bridgehead atoms. The van der Waals surface area contributed by atoms with E-state index in [9.17, 15) is 13.2 Å². The molecule has 1 aliphatic rings. The molecule has 4 aromatic heterocycles. The van der Waals surface area contributed by atoms with Crippen LogP contribution >= 0.6 is 0 Å². The lowest BCUT2D eigenvalue weighted by Crippen LogP contribution is -2.34. The van der Waals surface area contributed by atoms with Crippen LogP contribution in [0.15, 0.2) is 55.2 Å². The molecule has 1 aromatic carbocycles. The monoisotopic (exact) mass is 450 g/mol. The number of hydrogen-bond donors (Lipinski definition) is 1. The number of imidazole rings is 1. The first-order valence-electron chi connectivity index (χ1n) is 10.3. The number of halogens is 3. The second-order valence-electron chi connectivity index (χ2n) is 8.09. The summed E-state index contributed by atoms with van der Waals surface area (Å²) in [6, 6.07) is 8.87. The first-order valence-corrected chi connectivity index (χ1v) is 10.3. The molecule has 5 aromatic rings. The van der Waals surface area contributed by atoms with Crippen LogP contribution < -0.4 is 4.74 Å². The average Bonchev–Trinajstić information content (AvgIpc) is 3.37. The van der Waals surface area contributed by atoms with Crippen molar-refractivity contribution in [2.24, 2.45) is 0 Å². The Morgan fingerprint density at radius 2 is 1.91 bits per heavy atom. The van der Waals surface area contributed by atoms with Gasteiger partial charge in [-0.15, -0.1) is 0 Å². The maximum atomic E-state index is 13.7. The normalized spacial score (nSPS) is 15.3. The smallest absolute Gasteiger partial charge is 0.411 e. The van der Waals surface area contributed by atoms with Crippen LogP contribution in [0, 0.1) is 0 Å². The zero-order valence-electron chi connectivity index (χ0n) is 17.4. The fraction of sp³-hybridized carbons (Fsp3) is 0.217. The van der Waals surface area contributed by atoms with Gasteiger partial charge < -0.3 is 14.3 Å². The summed E-state index contributed by atoms with van der Waals surface area (Å²) in [7, 11) is 1.54. The number of benzene rings is 1. The van der Waals surface area contributed by atoms with Crippen molar-refractivity contribution >= 4 is 22.2 Å². The molecule has 33 heavy (non-hydrogen) atoms. The van der Waals surface area contributed by atoms with Crippen molar-refractivity contribution in [2.75, 3.05) is 7.11 Å². The van der Waals surface area contributed by atoms with E-state index in [-0.39, 0.29) is 12.8 Å². The third kappa shape index (κ3) is 2.97. The lowest BCUT2D eigenvalue weighted by molar-refractivity contribution is -0.178. The highest BCUT2D eigenvalue weighted by molar-refractivity contribution is 5.94. The minimum atomic E-state index is -4.33. The summed E-state index contributed by atoms with van der Waals surface area (Å²) in [5.41, 5.74) is 3.18. The zero-order chi connectivity index (χ0) is 22.8. The topological polar surface area (TPSA) is 81.5 Å². The molecule has 0 unspecified atom stereocenters. The van der Waals surface area contributed by atoms with Crippen molar-refractivity contribution in [2.45, 2.75) is 24.6 Å². The van der Waals surface area contributed by atoms with Gasteiger partial charge >= 0.3 is 6.18 Å². The van der Waals surface area contributed by atoms with Gasteiger partial charge in [0.1, 0.15) is 11.1 Å². The number of pyridine rings is 1. The Balaban J connectivity index is 1.48. The minimum absolute atomic E-state index is 0.0590. The van der Waals surface area contributed by atoms with E-state index >= 15 is 0 Å². The quantitative estimate of drug-likeness (QED) is 0.412. The molecule has 0 radical (unpaired) electrons. The predicted molar refractivity (Wildman–Crippen MR) is 116 cm³/mol. The van der Waals surface area contributed by atoms with Crippen LogP contribution in [0.25, 0.3) is 44.6 Å². The largest absolute Gasteiger partial charge is 0.481 e. The van der Waals surface area contributed by atoms with Gasteiger partial charge in [0.25, 0.3) is 0 Å². The molecule has 1 N–H and O–H groups in total. The Morgan fingerprint density at radius 1 is 1.06 bits per heavy atom. The van der Waals surface area contributed by atoms with Crippen molar-refractivity contribution in [3.05, 3.63) is 55.2 Å². The van der Waals surface area contributed by atoms with Gasteiger partial charge in [0.2, 0.25) is 5.88 Å². The van der Waals surface area contributed by atoms with Gasteiger partial charge in [-0.3, -0.25) is 0 Å². The van der Waals surface area contributed by atoms with Crippen LogP contribution in [-0.2, 0) is 5.54 Å². The Morgan fingerprint density at radius 3 is 2.67 bits per heavy atom. The SMILES string of the molecule is COc1cc(-c2cnc3[nH]cc(-c4ccc5ncn(C6(C(F)(F)F)CC6)c5c4)c3n2)ccn1. The van der Waals surface area contributed by atoms with Gasteiger partial charge in [-0.25, -0.2) is 19.9 Å². The Hall–Kier alpha value is -3.95. The fourth-order valence-electron chi connectivity index (χ4n) is 4.23. The summed E-state index contributed by atoms with van der Waals surface area (Å²) in [5, 5.41) is 0. The number of methoxy groups -OCH3 is 1. The number of hydrogen-bond acceptors (Lipinski definition) is 5. The van der Waals surface area contributed by atoms with E-state index in [1.807, 2.05) is 12.1 Å². The third-order valence-corrected chi connectivity index (χ3v) is 6.19. The first-order chi connectivity index (χ1) is 15.9. The first kappa shape index (κ1) is 19.7. The van der Waals surface area contributed by atoms with Crippen LogP contribution in [0.1, 0.15) is 12.8 Å². The molecule has 0 aliphatic heterocycles. The summed E-state index contributed by atoms with van der Waals surface area (Å²) < 4.78 is 47.7. The number of fused-ring (bicyclic) bond motifs is 2. The zero-order valence-corrected chi connectivity index (χ0v) is 17.4. The summed E-state index contributed by atoms with van der Waals surface area (Å²) >= 11 is 0. The van der Waals surface area contributed by atoms with E-state index in [0.717, 1.165) is 16.7 Å². The number of rotatable bonds is 4. The molecule has 1 aliphatic carbocycles. The van der Waals surface area contributed by atoms with E-state index in [1.54, 1.807) is 36.8 Å². The van der Waals surface area contributed by atoms with E-state index < -0.39 is 11.7 Å². The maximum Gasteiger partial charge on any atom is 0.411 e. The number of aromatic nitrogens is 6. The predicted octanol–water partition coefficient (Wildman–Crippen LogP) is 5.10. The molecule has 7 nitrogen and oxygen atoms in total. The molecule has 4 heterocycles. The van der Waals surface area contributed by atoms with Gasteiger partial charge in [-0.2, -0.15) is 13.2 Å². The number of H-pyrrole nitrogens is 1. The molecule has 0 amide bonds. The number of aromatic amines is 1. The Labute approximate surface area is 185 Å². The standard InChI is InChI=1S/C23H17F3N6O/c1-33-19-9-14(4-7-27-19)17-11-29-21-20(31-17)15(10-28-21)13-2-3-16-18(8-13)32(12-30-16)22(5-6-22)23(24,25)26/h2-4,7-12H,5-6H2,1H3,(H,28,29). The van der Waals surface area contributed by atoms with Crippen molar-refractivity contribution < 1.29 is 17.9 Å². The van der Waals surface area contributed by atoms with E-state index in [2.05, 4.69) is 19.9 Å². The van der Waals surface area contributed by atoms with Gasteiger partial charge in [0.05, 0.1) is 36.4 Å². The molecular formula is C23H17F3N6O. The maximum absolute atomic E-state index is 13.7. The van der Waals surface area contributed by atoms with E-state index in [1.165, 1.54) is 18.0 Å². The minimum Gasteiger partial charge on any atom is -0.481 e. The highest BCUT2D eigenvalue weighted by Crippen LogP contribution is 2.56. The van der Waals surface area contributed by atoms with Gasteiger partial charge in [-0.1, -0.05) is 6.07 Å². The van der Waals surface area contributed by atoms with Crippen LogP contribution in [0.3, 0.4) is 0 Å². The summed E-state index contributed by atoms with van der Waals surface area (Å²) in [6.07, 6.45) is 2.12. The van der Waals surface area contributed by atoms with Crippen molar-refractivity contribution in [3.63, 3.8) is 0 Å². The highest BCUT2D eigenvalue weighted by atomic mass is 19.4. The van der Waals surface area contributed by atoms with E-state index in [4.69, 9.17) is 9.72 Å². The Bertz CT molecular complexity index is 1520. The van der Waals surface area contributed by atoms with Crippen LogP contribution in [-0.4, -0.2) is 42.8 Å². The third-order valence-electron chi connectivity index (χ3n) is 6.19. The molecule has 1 fully saturated rings. The summed E-state index contributed by atoms with van der Waals surface area (Å²) in [5.74, 6) is 0.459. The number of ether oxygens (including phenoxy) is 1. The number of nitrogens with one attached hydrogen (secondary N) is 1. The highest BCUT2D eigenvalue weighted by Gasteiger charge is 2.65.